The zero-order valence-corrected chi connectivity index (χ0v) is 17.7. The highest BCUT2D eigenvalue weighted by molar-refractivity contribution is 5.94. The van der Waals surface area contributed by atoms with Gasteiger partial charge in [0.25, 0.3) is 12.3 Å². The van der Waals surface area contributed by atoms with E-state index in [0.29, 0.717) is 11.2 Å². The van der Waals surface area contributed by atoms with E-state index >= 15 is 0 Å². The van der Waals surface area contributed by atoms with Gasteiger partial charge in [-0.1, -0.05) is 6.07 Å². The van der Waals surface area contributed by atoms with Crippen molar-refractivity contribution in [3.63, 3.8) is 0 Å². The lowest BCUT2D eigenvalue weighted by Crippen LogP contribution is -2.40. The highest BCUT2D eigenvalue weighted by Gasteiger charge is 2.23. The minimum absolute atomic E-state index is 0.0515. The van der Waals surface area contributed by atoms with Crippen LogP contribution in [0.3, 0.4) is 0 Å². The number of benzene rings is 1. The second-order valence-electron chi connectivity index (χ2n) is 8.21. The molecule has 1 amide bonds. The lowest BCUT2D eigenvalue weighted by atomic mass is 9.91. The Morgan fingerprint density at radius 2 is 1.74 bits per heavy atom. The lowest BCUT2D eigenvalue weighted by Gasteiger charge is -2.30. The van der Waals surface area contributed by atoms with Crippen LogP contribution in [0, 0.1) is 0 Å². The number of aromatic nitrogens is 2. The summed E-state index contributed by atoms with van der Waals surface area (Å²) in [5.74, 6) is 0.704. The second kappa shape index (κ2) is 8.91. The molecule has 0 spiro atoms. The van der Waals surface area contributed by atoms with Gasteiger partial charge in [-0.3, -0.25) is 9.20 Å². The normalized spacial score (nSPS) is 18.9. The summed E-state index contributed by atoms with van der Waals surface area (Å²) >= 11 is 0. The van der Waals surface area contributed by atoms with Gasteiger partial charge in [-0.2, -0.15) is 0 Å². The number of nitrogens with one attached hydrogen (secondary N) is 2. The predicted octanol–water partition coefficient (Wildman–Crippen LogP) is 4.49. The number of carbonyl (C=O) groups is 1. The molecule has 1 fully saturated rings. The molecule has 1 aliphatic rings. The third kappa shape index (κ3) is 4.78. The van der Waals surface area contributed by atoms with Gasteiger partial charge in [-0.15, -0.1) is 0 Å². The van der Waals surface area contributed by atoms with Crippen LogP contribution in [-0.2, 0) is 0 Å². The molecular formula is C23H27F2N5O. The molecule has 0 unspecified atom stereocenters. The quantitative estimate of drug-likeness (QED) is 0.609. The van der Waals surface area contributed by atoms with Crippen molar-refractivity contribution in [2.45, 2.75) is 44.2 Å². The Morgan fingerprint density at radius 1 is 1.06 bits per heavy atom. The monoisotopic (exact) mass is 427 g/mol. The number of nitrogens with zero attached hydrogens (tertiary/aromatic N) is 3. The topological polar surface area (TPSA) is 61.7 Å². The van der Waals surface area contributed by atoms with Gasteiger partial charge >= 0.3 is 0 Å². The number of imidazole rings is 1. The highest BCUT2D eigenvalue weighted by atomic mass is 19.3. The maximum atomic E-state index is 13.0. The first-order valence-corrected chi connectivity index (χ1v) is 10.5. The number of alkyl halides is 2. The number of hydrogen-bond acceptors (Lipinski definition) is 4. The minimum atomic E-state index is -2.59. The highest BCUT2D eigenvalue weighted by Crippen LogP contribution is 2.25. The number of amides is 1. The third-order valence-electron chi connectivity index (χ3n) is 5.79. The molecule has 1 saturated carbocycles. The van der Waals surface area contributed by atoms with Crippen molar-refractivity contribution < 1.29 is 13.6 Å². The number of pyridine rings is 1. The number of fused-ring (bicyclic) bond motifs is 1. The molecule has 0 radical (unpaired) electrons. The molecule has 164 valence electrons. The van der Waals surface area contributed by atoms with Gasteiger partial charge in [-0.25, -0.2) is 13.8 Å². The molecule has 2 aromatic heterocycles. The van der Waals surface area contributed by atoms with Crippen LogP contribution in [0.5, 0.6) is 0 Å². The fraction of sp³-hybridized carbons (Fsp3) is 0.391. The zero-order chi connectivity index (χ0) is 22.0. The Hall–Kier alpha value is -3.16. The summed E-state index contributed by atoms with van der Waals surface area (Å²) in [4.78, 5) is 18.5. The summed E-state index contributed by atoms with van der Waals surface area (Å²) in [5.41, 5.74) is 1.99. The van der Waals surface area contributed by atoms with Gasteiger partial charge in [0.2, 0.25) is 0 Å². The van der Waals surface area contributed by atoms with Crippen molar-refractivity contribution in [1.82, 2.24) is 14.7 Å². The fourth-order valence-corrected chi connectivity index (χ4v) is 4.02. The number of rotatable bonds is 6. The first kappa shape index (κ1) is 21.1. The van der Waals surface area contributed by atoms with E-state index in [1.54, 1.807) is 10.5 Å². The van der Waals surface area contributed by atoms with E-state index in [-0.39, 0.29) is 23.7 Å². The van der Waals surface area contributed by atoms with Crippen molar-refractivity contribution in [1.29, 1.82) is 0 Å². The number of hydrogen-bond donors (Lipinski definition) is 2. The van der Waals surface area contributed by atoms with Crippen molar-refractivity contribution in [2.24, 2.45) is 0 Å². The van der Waals surface area contributed by atoms with Crippen molar-refractivity contribution in [2.75, 3.05) is 24.3 Å². The average molecular weight is 427 g/mol. The Kier molecular flexibility index (Phi) is 6.06. The molecule has 0 saturated heterocycles. The average Bonchev–Trinajstić information content (AvgIpc) is 3.21. The summed E-state index contributed by atoms with van der Waals surface area (Å²) < 4.78 is 27.6. The van der Waals surface area contributed by atoms with E-state index in [0.717, 1.165) is 37.2 Å². The molecule has 6 nitrogen and oxygen atoms in total. The van der Waals surface area contributed by atoms with Gasteiger partial charge in [0, 0.05) is 43.6 Å². The van der Waals surface area contributed by atoms with Crippen LogP contribution in [0.4, 0.5) is 20.3 Å². The number of anilines is 2. The molecule has 0 bridgehead atoms. The molecule has 2 heterocycles. The molecule has 4 rings (SSSR count). The van der Waals surface area contributed by atoms with Crippen molar-refractivity contribution >= 4 is 23.1 Å². The first-order chi connectivity index (χ1) is 14.9. The molecule has 0 atom stereocenters. The third-order valence-corrected chi connectivity index (χ3v) is 5.79. The van der Waals surface area contributed by atoms with E-state index in [1.807, 2.05) is 55.4 Å². The van der Waals surface area contributed by atoms with Crippen LogP contribution in [0.1, 0.15) is 48.2 Å². The van der Waals surface area contributed by atoms with Crippen LogP contribution in [-0.4, -0.2) is 41.5 Å². The number of halogens is 2. The largest absolute Gasteiger partial charge is 0.378 e. The van der Waals surface area contributed by atoms with Crippen molar-refractivity contribution in [3.8, 4) is 0 Å². The summed E-state index contributed by atoms with van der Waals surface area (Å²) in [6, 6.07) is 13.3. The molecule has 1 aromatic carbocycles. The first-order valence-electron chi connectivity index (χ1n) is 10.5. The van der Waals surface area contributed by atoms with E-state index in [4.69, 9.17) is 0 Å². The minimum Gasteiger partial charge on any atom is -0.378 e. The van der Waals surface area contributed by atoms with Crippen molar-refractivity contribution in [3.05, 3.63) is 59.9 Å². The number of carbonyl (C=O) groups excluding carboxylic acids is 1. The van der Waals surface area contributed by atoms with Crippen LogP contribution in [0.15, 0.2) is 48.7 Å². The maximum Gasteiger partial charge on any atom is 0.281 e. The summed E-state index contributed by atoms with van der Waals surface area (Å²) in [6.07, 6.45) is 2.29. The van der Waals surface area contributed by atoms with Crippen LogP contribution in [0.2, 0.25) is 0 Å². The van der Waals surface area contributed by atoms with Crippen LogP contribution in [0.25, 0.3) is 5.65 Å². The predicted molar refractivity (Wildman–Crippen MR) is 118 cm³/mol. The van der Waals surface area contributed by atoms with Gasteiger partial charge in [-0.05, 0) is 62.1 Å². The van der Waals surface area contributed by atoms with Gasteiger partial charge in [0.1, 0.15) is 17.2 Å². The summed E-state index contributed by atoms with van der Waals surface area (Å²) in [5, 5.41) is 6.59. The Balaban J connectivity index is 1.33. The molecule has 0 aliphatic heterocycles. The second-order valence-corrected chi connectivity index (χ2v) is 8.21. The van der Waals surface area contributed by atoms with Gasteiger partial charge < -0.3 is 15.5 Å². The standard InChI is InChI=1S/C23H27F2N5O/c1-29(2)18-12-6-15(7-13-18)23(31)27-17-10-8-16(9-11-17)26-20-4-3-5-21-28-19(22(24)25)14-30(20)21/h3-7,12-14,16-17,22,26H,8-11H2,1-2H3,(H,27,31). The van der Waals surface area contributed by atoms with Crippen LogP contribution >= 0.6 is 0 Å². The molecule has 1 aliphatic carbocycles. The Labute approximate surface area is 180 Å². The fourth-order valence-electron chi connectivity index (χ4n) is 4.02. The van der Waals surface area contributed by atoms with E-state index in [1.165, 1.54) is 6.20 Å². The molecule has 2 N–H and O–H groups in total. The Bertz CT molecular complexity index is 1040. The lowest BCUT2D eigenvalue weighted by molar-refractivity contribution is 0.0926. The molecule has 8 heteroatoms. The van der Waals surface area contributed by atoms with E-state index < -0.39 is 6.43 Å². The molecule has 31 heavy (non-hydrogen) atoms. The summed E-state index contributed by atoms with van der Waals surface area (Å²) in [6.45, 7) is 0. The molecule has 3 aromatic rings. The van der Waals surface area contributed by atoms with E-state index in [9.17, 15) is 13.6 Å². The zero-order valence-electron chi connectivity index (χ0n) is 17.7. The maximum absolute atomic E-state index is 13.0. The van der Waals surface area contributed by atoms with Gasteiger partial charge in [0.15, 0.2) is 0 Å². The van der Waals surface area contributed by atoms with Crippen LogP contribution < -0.4 is 15.5 Å². The SMILES string of the molecule is CN(C)c1ccc(C(=O)NC2CCC(Nc3cccc4nc(C(F)F)cn34)CC2)cc1. The summed E-state index contributed by atoms with van der Waals surface area (Å²) in [7, 11) is 3.93. The van der Waals surface area contributed by atoms with Gasteiger partial charge in [0.05, 0.1) is 0 Å². The Morgan fingerprint density at radius 3 is 2.39 bits per heavy atom. The van der Waals surface area contributed by atoms with E-state index in [2.05, 4.69) is 15.6 Å². The molecular weight excluding hydrogens is 400 g/mol. The smallest absolute Gasteiger partial charge is 0.281 e.